The van der Waals surface area contributed by atoms with Gasteiger partial charge in [0.2, 0.25) is 0 Å². The summed E-state index contributed by atoms with van der Waals surface area (Å²) in [6.07, 6.45) is 4.77. The highest BCUT2D eigenvalue weighted by Crippen LogP contribution is 1.95. The Balaban J connectivity index is 3.63. The smallest absolute Gasteiger partial charge is 0.110 e. The third-order valence-electron chi connectivity index (χ3n) is 0.900. The molecule has 0 unspecified atom stereocenters. The van der Waals surface area contributed by atoms with Crippen molar-refractivity contribution in [2.75, 3.05) is 13.2 Å². The summed E-state index contributed by atoms with van der Waals surface area (Å²) in [5.74, 6) is 0. The lowest BCUT2D eigenvalue weighted by atomic mass is 10.3. The summed E-state index contributed by atoms with van der Waals surface area (Å²) in [6, 6.07) is 0. The monoisotopic (exact) mass is 140 g/mol. The predicted molar refractivity (Wildman–Crippen MR) is 41.5 cm³/mol. The summed E-state index contributed by atoms with van der Waals surface area (Å²) in [6.45, 7) is 7.39. The highest BCUT2D eigenvalue weighted by molar-refractivity contribution is 5.25. The minimum absolute atomic E-state index is 0.0259. The Bertz CT molecular complexity index is 126. The predicted octanol–water partition coefficient (Wildman–Crippen LogP) is 1.25. The van der Waals surface area contributed by atoms with Crippen LogP contribution in [0.5, 0.6) is 0 Å². The van der Waals surface area contributed by atoms with Crippen molar-refractivity contribution in [1.29, 1.82) is 0 Å². The van der Waals surface area contributed by atoms with Crippen molar-refractivity contribution in [1.82, 2.24) is 0 Å². The molecule has 0 aliphatic rings. The van der Waals surface area contributed by atoms with E-state index in [1.807, 2.05) is 0 Å². The summed E-state index contributed by atoms with van der Waals surface area (Å²) in [4.78, 5) is 0. The van der Waals surface area contributed by atoms with Crippen molar-refractivity contribution in [3.63, 3.8) is 0 Å². The molecule has 0 amide bonds. The van der Waals surface area contributed by atoms with Crippen molar-refractivity contribution in [3.05, 3.63) is 37.1 Å². The Labute approximate surface area is 61.1 Å². The number of hydrogen-bond acceptors (Lipinski definition) is 2. The van der Waals surface area contributed by atoms with Crippen LogP contribution in [0.2, 0.25) is 0 Å². The third-order valence-corrected chi connectivity index (χ3v) is 0.900. The summed E-state index contributed by atoms with van der Waals surface area (Å²) in [7, 11) is 0. The first kappa shape index (κ1) is 8.98. The molecule has 0 aromatic rings. The van der Waals surface area contributed by atoms with E-state index in [0.717, 1.165) is 5.57 Å². The maximum Gasteiger partial charge on any atom is 0.110 e. The maximum absolute atomic E-state index is 8.32. The van der Waals surface area contributed by atoms with Crippen molar-refractivity contribution in [2.45, 2.75) is 0 Å². The zero-order valence-corrected chi connectivity index (χ0v) is 5.92. The van der Waals surface area contributed by atoms with Gasteiger partial charge < -0.3 is 9.84 Å². The van der Waals surface area contributed by atoms with Gasteiger partial charge in [0.15, 0.2) is 0 Å². The lowest BCUT2D eigenvalue weighted by Crippen LogP contribution is -1.92. The second kappa shape index (κ2) is 6.11. The molecule has 0 atom stereocenters. The van der Waals surface area contributed by atoms with Crippen LogP contribution in [0.3, 0.4) is 0 Å². The number of ether oxygens (including phenoxy) is 1. The topological polar surface area (TPSA) is 29.5 Å². The van der Waals surface area contributed by atoms with Crippen LogP contribution >= 0.6 is 0 Å². The Hall–Kier alpha value is -1.02. The molecule has 0 aromatic heterocycles. The van der Waals surface area contributed by atoms with Gasteiger partial charge in [-0.1, -0.05) is 25.3 Å². The fraction of sp³-hybridized carbons (Fsp3) is 0.250. The molecule has 1 N–H and O–H groups in total. The van der Waals surface area contributed by atoms with Gasteiger partial charge in [0.1, 0.15) is 6.61 Å². The minimum Gasteiger partial charge on any atom is -0.498 e. The molecule has 2 nitrogen and oxygen atoms in total. The Kier molecular flexibility index (Phi) is 5.48. The van der Waals surface area contributed by atoms with Gasteiger partial charge in [0.25, 0.3) is 0 Å². The number of allylic oxidation sites excluding steroid dienone is 3. The van der Waals surface area contributed by atoms with E-state index in [1.165, 1.54) is 6.26 Å². The summed E-state index contributed by atoms with van der Waals surface area (Å²) in [5.41, 5.74) is 0.813. The average Bonchev–Trinajstić information content (AvgIpc) is 1.99. The molecule has 0 bridgehead atoms. The van der Waals surface area contributed by atoms with Gasteiger partial charge in [-0.3, -0.25) is 0 Å². The van der Waals surface area contributed by atoms with Gasteiger partial charge in [0, 0.05) is 5.57 Å². The maximum atomic E-state index is 8.32. The number of aliphatic hydroxyl groups excluding tert-OH is 1. The Morgan fingerprint density at radius 3 is 2.40 bits per heavy atom. The van der Waals surface area contributed by atoms with E-state index in [2.05, 4.69) is 13.2 Å². The number of hydrogen-bond donors (Lipinski definition) is 1. The van der Waals surface area contributed by atoms with Gasteiger partial charge in [0.05, 0.1) is 12.9 Å². The van der Waals surface area contributed by atoms with E-state index < -0.39 is 0 Å². The first-order valence-electron chi connectivity index (χ1n) is 3.02. The molecule has 0 saturated heterocycles. The number of aliphatic hydroxyl groups is 1. The van der Waals surface area contributed by atoms with Crippen LogP contribution in [0.1, 0.15) is 0 Å². The van der Waals surface area contributed by atoms with Crippen LogP contribution in [-0.4, -0.2) is 18.3 Å². The van der Waals surface area contributed by atoms with Gasteiger partial charge in [-0.25, -0.2) is 0 Å². The highest BCUT2D eigenvalue weighted by Gasteiger charge is 1.81. The van der Waals surface area contributed by atoms with E-state index in [4.69, 9.17) is 9.84 Å². The zero-order chi connectivity index (χ0) is 7.82. The normalized spacial score (nSPS) is 8.10. The van der Waals surface area contributed by atoms with Crippen LogP contribution in [0.4, 0.5) is 0 Å². The molecule has 56 valence electrons. The van der Waals surface area contributed by atoms with E-state index in [0.29, 0.717) is 6.61 Å². The fourth-order valence-corrected chi connectivity index (χ4v) is 0.387. The van der Waals surface area contributed by atoms with Crippen molar-refractivity contribution < 1.29 is 9.84 Å². The lowest BCUT2D eigenvalue weighted by Gasteiger charge is -1.96. The van der Waals surface area contributed by atoms with Gasteiger partial charge in [-0.05, 0) is 0 Å². The van der Waals surface area contributed by atoms with Crippen LogP contribution in [0.25, 0.3) is 0 Å². The summed E-state index contributed by atoms with van der Waals surface area (Å²) < 4.78 is 4.87. The van der Waals surface area contributed by atoms with Crippen LogP contribution < -0.4 is 0 Å². The van der Waals surface area contributed by atoms with Gasteiger partial charge >= 0.3 is 0 Å². The molecule has 0 heterocycles. The lowest BCUT2D eigenvalue weighted by molar-refractivity contribution is 0.165. The average molecular weight is 140 g/mol. The molecule has 0 aromatic carbocycles. The molecule has 0 rings (SSSR count). The van der Waals surface area contributed by atoms with E-state index in [1.54, 1.807) is 12.2 Å². The standard InChI is InChI=1S/C8H12O2/c1-3-8(4-2)7-10-6-5-9/h3-4,7,9H,1-2,5-6H2. The quantitative estimate of drug-likeness (QED) is 0.354. The zero-order valence-electron chi connectivity index (χ0n) is 5.92. The molecule has 0 aliphatic heterocycles. The van der Waals surface area contributed by atoms with Gasteiger partial charge in [-0.2, -0.15) is 0 Å². The second-order valence-corrected chi connectivity index (χ2v) is 1.62. The van der Waals surface area contributed by atoms with E-state index in [-0.39, 0.29) is 6.61 Å². The minimum atomic E-state index is 0.0259. The van der Waals surface area contributed by atoms with E-state index >= 15 is 0 Å². The largest absolute Gasteiger partial charge is 0.498 e. The van der Waals surface area contributed by atoms with Crippen LogP contribution in [-0.2, 0) is 4.74 Å². The molecular formula is C8H12O2. The molecule has 0 saturated carbocycles. The van der Waals surface area contributed by atoms with Crippen molar-refractivity contribution in [3.8, 4) is 0 Å². The fourth-order valence-electron chi connectivity index (χ4n) is 0.387. The first-order valence-corrected chi connectivity index (χ1v) is 3.02. The third kappa shape index (κ3) is 3.92. The van der Waals surface area contributed by atoms with Crippen LogP contribution in [0, 0.1) is 0 Å². The van der Waals surface area contributed by atoms with Crippen molar-refractivity contribution >= 4 is 0 Å². The van der Waals surface area contributed by atoms with Crippen molar-refractivity contribution in [2.24, 2.45) is 0 Å². The van der Waals surface area contributed by atoms with E-state index in [9.17, 15) is 0 Å². The molecule has 2 heteroatoms. The highest BCUT2D eigenvalue weighted by atomic mass is 16.5. The molecule has 0 aliphatic carbocycles. The molecule has 0 spiro atoms. The van der Waals surface area contributed by atoms with Crippen LogP contribution in [0.15, 0.2) is 37.1 Å². The Morgan fingerprint density at radius 1 is 1.40 bits per heavy atom. The molecule has 10 heavy (non-hydrogen) atoms. The first-order chi connectivity index (χ1) is 4.85. The molecule has 0 radical (unpaired) electrons. The second-order valence-electron chi connectivity index (χ2n) is 1.62. The molecular weight excluding hydrogens is 128 g/mol. The van der Waals surface area contributed by atoms with Gasteiger partial charge in [-0.15, -0.1) is 0 Å². The summed E-state index contributed by atoms with van der Waals surface area (Å²) in [5, 5.41) is 8.32. The Morgan fingerprint density at radius 2 is 2.00 bits per heavy atom. The molecule has 0 fully saturated rings. The SMILES string of the molecule is C=CC(C=C)=COCCO. The summed E-state index contributed by atoms with van der Waals surface area (Å²) >= 11 is 0. The number of rotatable bonds is 5.